The molecule has 0 spiro atoms. The summed E-state index contributed by atoms with van der Waals surface area (Å²) in [5, 5.41) is 7.12. The van der Waals surface area contributed by atoms with Crippen molar-refractivity contribution in [3.05, 3.63) is 34.3 Å². The third-order valence-electron chi connectivity index (χ3n) is 2.78. The zero-order valence-corrected chi connectivity index (χ0v) is 14.6. The third kappa shape index (κ3) is 11.0. The molecule has 0 aliphatic rings. The highest BCUT2D eigenvalue weighted by atomic mass is 79.9. The van der Waals surface area contributed by atoms with Crippen molar-refractivity contribution < 1.29 is 23.1 Å². The lowest BCUT2D eigenvalue weighted by molar-refractivity contribution is -0.192. The minimum absolute atomic E-state index is 0.622. The summed E-state index contributed by atoms with van der Waals surface area (Å²) < 4.78 is 32.8. The van der Waals surface area contributed by atoms with Crippen LogP contribution in [0.3, 0.4) is 0 Å². The van der Waals surface area contributed by atoms with Crippen LogP contribution in [0.4, 0.5) is 13.2 Å². The summed E-state index contributed by atoms with van der Waals surface area (Å²) in [6, 6.07) is 7.88. The van der Waals surface area contributed by atoms with E-state index in [1.165, 1.54) is 12.8 Å². The largest absolute Gasteiger partial charge is 0.490 e. The monoisotopic (exact) mass is 411 g/mol. The van der Waals surface area contributed by atoms with Crippen molar-refractivity contribution in [1.29, 1.82) is 0 Å². The molecule has 0 saturated carbocycles. The van der Waals surface area contributed by atoms with Crippen LogP contribution >= 0.6 is 15.9 Å². The van der Waals surface area contributed by atoms with Crippen molar-refractivity contribution in [1.82, 2.24) is 0 Å². The van der Waals surface area contributed by atoms with Crippen molar-refractivity contribution in [2.75, 3.05) is 13.1 Å². The zero-order chi connectivity index (χ0) is 18.6. The van der Waals surface area contributed by atoms with Gasteiger partial charge in [-0.1, -0.05) is 40.9 Å². The van der Waals surface area contributed by atoms with Crippen LogP contribution in [0.2, 0.25) is 0 Å². The van der Waals surface area contributed by atoms with Gasteiger partial charge in [-0.05, 0) is 31.5 Å². The summed E-state index contributed by atoms with van der Waals surface area (Å²) in [5.41, 5.74) is 12.3. The molecule has 0 unspecified atom stereocenters. The number of benzene rings is 1. The number of hydrogen-bond acceptors (Lipinski definition) is 3. The molecule has 0 aromatic heterocycles. The molecule has 9 heteroatoms. The van der Waals surface area contributed by atoms with Crippen LogP contribution in [0.25, 0.3) is 0 Å². The van der Waals surface area contributed by atoms with E-state index < -0.39 is 12.1 Å². The van der Waals surface area contributed by atoms with Crippen LogP contribution in [-0.2, 0) is 4.79 Å². The molecule has 5 N–H and O–H groups in total. The molecule has 24 heavy (non-hydrogen) atoms. The van der Waals surface area contributed by atoms with Crippen molar-refractivity contribution in [3.63, 3.8) is 0 Å². The highest BCUT2D eigenvalue weighted by Gasteiger charge is 2.38. The number of halogens is 4. The Hall–Kier alpha value is -1.61. The first-order valence-electron chi connectivity index (χ1n) is 7.24. The van der Waals surface area contributed by atoms with Gasteiger partial charge in [0.2, 0.25) is 0 Å². The zero-order valence-electron chi connectivity index (χ0n) is 13.0. The molecule has 0 aliphatic carbocycles. The number of amidine groups is 1. The van der Waals surface area contributed by atoms with Gasteiger partial charge in [-0.2, -0.15) is 13.2 Å². The van der Waals surface area contributed by atoms with E-state index >= 15 is 0 Å². The Labute approximate surface area is 147 Å². The highest BCUT2D eigenvalue weighted by molar-refractivity contribution is 9.10. The van der Waals surface area contributed by atoms with Gasteiger partial charge in [0, 0.05) is 16.6 Å². The average molecular weight is 412 g/mol. The number of aliphatic carboxylic acids is 1. The molecule has 0 amide bonds. The van der Waals surface area contributed by atoms with E-state index in [1.807, 2.05) is 24.3 Å². The lowest BCUT2D eigenvalue weighted by Gasteiger charge is -2.01. The van der Waals surface area contributed by atoms with Gasteiger partial charge in [0.15, 0.2) is 0 Å². The summed E-state index contributed by atoms with van der Waals surface area (Å²) in [7, 11) is 0. The SMILES string of the molecule is NCCCCCCN=C(N)c1ccc(Br)cc1.O=C(O)C(F)(F)F. The molecule has 0 aliphatic heterocycles. The molecule has 136 valence electrons. The van der Waals surface area contributed by atoms with Crippen molar-refractivity contribution in [3.8, 4) is 0 Å². The molecular weight excluding hydrogens is 391 g/mol. The number of hydrogen-bond donors (Lipinski definition) is 3. The average Bonchev–Trinajstić information content (AvgIpc) is 2.51. The molecule has 1 aromatic carbocycles. The highest BCUT2D eigenvalue weighted by Crippen LogP contribution is 2.13. The predicted molar refractivity (Wildman–Crippen MR) is 90.9 cm³/mol. The lowest BCUT2D eigenvalue weighted by atomic mass is 10.2. The minimum Gasteiger partial charge on any atom is -0.475 e. The second-order valence-corrected chi connectivity index (χ2v) is 5.70. The first-order valence-corrected chi connectivity index (χ1v) is 8.03. The maximum atomic E-state index is 10.6. The molecular formula is C15H21BrF3N3O2. The van der Waals surface area contributed by atoms with Crippen LogP contribution in [-0.4, -0.2) is 36.2 Å². The van der Waals surface area contributed by atoms with Crippen LogP contribution < -0.4 is 11.5 Å². The second kappa shape index (κ2) is 11.9. The number of carbonyl (C=O) groups is 1. The van der Waals surface area contributed by atoms with E-state index in [4.69, 9.17) is 21.4 Å². The molecule has 0 saturated heterocycles. The number of rotatable bonds is 7. The Kier molecular flexibility index (Phi) is 11.1. The number of aliphatic imine (C=N–C) groups is 1. The second-order valence-electron chi connectivity index (χ2n) is 4.78. The minimum atomic E-state index is -5.08. The van der Waals surface area contributed by atoms with Gasteiger partial charge in [-0.3, -0.25) is 4.99 Å². The van der Waals surface area contributed by atoms with Gasteiger partial charge < -0.3 is 16.6 Å². The quantitative estimate of drug-likeness (QED) is 0.363. The van der Waals surface area contributed by atoms with Crippen molar-refractivity contribution in [2.45, 2.75) is 31.9 Å². The van der Waals surface area contributed by atoms with Crippen molar-refractivity contribution >= 4 is 27.7 Å². The Bertz CT molecular complexity index is 520. The van der Waals surface area contributed by atoms with Crippen LogP contribution in [0.15, 0.2) is 33.7 Å². The third-order valence-corrected chi connectivity index (χ3v) is 3.31. The van der Waals surface area contributed by atoms with Crippen LogP contribution in [0.5, 0.6) is 0 Å². The molecule has 0 bridgehead atoms. The summed E-state index contributed by atoms with van der Waals surface area (Å²) >= 11 is 3.39. The number of alkyl halides is 3. The summed E-state index contributed by atoms with van der Waals surface area (Å²) in [4.78, 5) is 13.3. The molecule has 0 heterocycles. The normalized spacial score (nSPS) is 11.6. The van der Waals surface area contributed by atoms with Gasteiger partial charge in [-0.25, -0.2) is 4.79 Å². The summed E-state index contributed by atoms with van der Waals surface area (Å²) in [6.07, 6.45) is -0.540. The fourth-order valence-corrected chi connectivity index (χ4v) is 1.79. The number of nitrogens with zero attached hydrogens (tertiary/aromatic N) is 1. The lowest BCUT2D eigenvalue weighted by Crippen LogP contribution is -2.21. The van der Waals surface area contributed by atoms with E-state index in [0.29, 0.717) is 5.84 Å². The van der Waals surface area contributed by atoms with E-state index in [2.05, 4.69) is 20.9 Å². The summed E-state index contributed by atoms with van der Waals surface area (Å²) in [5.74, 6) is -2.14. The first kappa shape index (κ1) is 22.4. The van der Waals surface area contributed by atoms with E-state index in [9.17, 15) is 13.2 Å². The van der Waals surface area contributed by atoms with Gasteiger partial charge in [-0.15, -0.1) is 0 Å². The number of nitrogens with two attached hydrogens (primary N) is 2. The van der Waals surface area contributed by atoms with E-state index in [0.717, 1.165) is 36.0 Å². The van der Waals surface area contributed by atoms with Crippen LogP contribution in [0, 0.1) is 0 Å². The fraction of sp³-hybridized carbons (Fsp3) is 0.467. The fourth-order valence-electron chi connectivity index (χ4n) is 1.52. The van der Waals surface area contributed by atoms with Gasteiger partial charge in [0.05, 0.1) is 0 Å². The standard InChI is InChI=1S/C13H20BrN3.C2HF3O2/c14-12-7-5-11(6-8-12)13(16)17-10-4-2-1-3-9-15;3-2(4,5)1(6)7/h5-8H,1-4,9-10,15H2,(H2,16,17);(H,6,7). The molecule has 1 rings (SSSR count). The molecule has 5 nitrogen and oxygen atoms in total. The van der Waals surface area contributed by atoms with E-state index in [-0.39, 0.29) is 0 Å². The maximum absolute atomic E-state index is 10.6. The predicted octanol–water partition coefficient (Wildman–Crippen LogP) is 3.31. The Balaban J connectivity index is 0.000000640. The number of carboxylic acid groups (broad SMARTS) is 1. The Morgan fingerprint density at radius 2 is 1.62 bits per heavy atom. The molecule has 0 atom stereocenters. The Morgan fingerprint density at radius 3 is 2.08 bits per heavy atom. The maximum Gasteiger partial charge on any atom is 0.490 e. The summed E-state index contributed by atoms with van der Waals surface area (Å²) in [6.45, 7) is 1.58. The molecule has 1 aromatic rings. The number of carboxylic acids is 1. The van der Waals surface area contributed by atoms with Crippen LogP contribution in [0.1, 0.15) is 31.2 Å². The van der Waals surface area contributed by atoms with Gasteiger partial charge >= 0.3 is 12.1 Å². The number of unbranched alkanes of at least 4 members (excludes halogenated alkanes) is 3. The smallest absolute Gasteiger partial charge is 0.475 e. The van der Waals surface area contributed by atoms with Gasteiger partial charge in [0.25, 0.3) is 0 Å². The van der Waals surface area contributed by atoms with E-state index in [1.54, 1.807) is 0 Å². The Morgan fingerprint density at radius 1 is 1.12 bits per heavy atom. The topological polar surface area (TPSA) is 102 Å². The molecule has 0 fully saturated rings. The first-order chi connectivity index (χ1) is 11.2. The molecule has 0 radical (unpaired) electrons. The van der Waals surface area contributed by atoms with Gasteiger partial charge in [0.1, 0.15) is 5.84 Å². The van der Waals surface area contributed by atoms with Crippen molar-refractivity contribution in [2.24, 2.45) is 16.5 Å².